The van der Waals surface area contributed by atoms with Crippen molar-refractivity contribution >= 4 is 61.1 Å². The maximum absolute atomic E-state index is 12.9. The van der Waals surface area contributed by atoms with Crippen LogP contribution in [-0.2, 0) is 34.6 Å². The highest BCUT2D eigenvalue weighted by Crippen LogP contribution is 2.21. The molecule has 2 N–H and O–H groups in total. The maximum Gasteiger partial charge on any atom is 0.305 e. The molecule has 0 aromatic heterocycles. The van der Waals surface area contributed by atoms with Crippen LogP contribution in [-0.4, -0.2) is 36.7 Å². The van der Waals surface area contributed by atoms with Gasteiger partial charge in [0.1, 0.15) is 0 Å². The molecule has 2 amide bonds. The molecule has 0 spiro atoms. The van der Waals surface area contributed by atoms with Gasteiger partial charge in [0.2, 0.25) is 11.8 Å². The Labute approximate surface area is 213 Å². The Balaban J connectivity index is 2.64. The van der Waals surface area contributed by atoms with Crippen molar-refractivity contribution in [3.05, 3.63) is 29.3 Å². The summed E-state index contributed by atoms with van der Waals surface area (Å²) in [4.78, 5) is 49.0. The van der Waals surface area contributed by atoms with Crippen LogP contribution in [0.4, 0.5) is 5.69 Å². The molecule has 0 aliphatic heterocycles. The van der Waals surface area contributed by atoms with Crippen molar-refractivity contribution in [3.8, 4) is 0 Å². The van der Waals surface area contributed by atoms with E-state index in [1.807, 2.05) is 32.0 Å². The fourth-order valence-electron chi connectivity index (χ4n) is 3.30. The van der Waals surface area contributed by atoms with E-state index in [0.717, 1.165) is 11.1 Å². The summed E-state index contributed by atoms with van der Waals surface area (Å²) >= 11 is 6.87. The Kier molecular flexibility index (Phi) is 13.5. The molecule has 184 valence electrons. The lowest BCUT2D eigenvalue weighted by atomic mass is 9.92. The van der Waals surface area contributed by atoms with Crippen molar-refractivity contribution in [2.45, 2.75) is 69.6 Å². The van der Waals surface area contributed by atoms with Gasteiger partial charge < -0.3 is 15.4 Å². The highest BCUT2D eigenvalue weighted by atomic mass is 79.9. The van der Waals surface area contributed by atoms with Crippen LogP contribution in [0.2, 0.25) is 0 Å². The summed E-state index contributed by atoms with van der Waals surface area (Å²) in [5.41, 5.74) is 2.77. The first kappa shape index (κ1) is 29.3. The van der Waals surface area contributed by atoms with Crippen LogP contribution in [0.15, 0.2) is 18.2 Å². The first-order valence-corrected chi connectivity index (χ1v) is 13.3. The minimum atomic E-state index is -0.662. The molecule has 33 heavy (non-hydrogen) atoms. The van der Waals surface area contributed by atoms with Gasteiger partial charge >= 0.3 is 5.97 Å². The van der Waals surface area contributed by atoms with Crippen LogP contribution in [0.3, 0.4) is 0 Å². The van der Waals surface area contributed by atoms with E-state index in [1.54, 1.807) is 6.92 Å². The van der Waals surface area contributed by atoms with E-state index in [4.69, 9.17) is 0 Å². The van der Waals surface area contributed by atoms with E-state index in [0.29, 0.717) is 29.2 Å². The van der Waals surface area contributed by atoms with E-state index >= 15 is 0 Å². The van der Waals surface area contributed by atoms with Crippen molar-refractivity contribution < 1.29 is 23.9 Å². The molecule has 1 aromatic carbocycles. The van der Waals surface area contributed by atoms with E-state index in [9.17, 15) is 19.2 Å². The van der Waals surface area contributed by atoms with Crippen molar-refractivity contribution in [2.75, 3.05) is 12.4 Å². The van der Waals surface area contributed by atoms with Gasteiger partial charge in [-0.15, -0.1) is 0 Å². The predicted molar refractivity (Wildman–Crippen MR) is 136 cm³/mol. The lowest BCUT2D eigenvalue weighted by Crippen LogP contribution is -2.45. The molecule has 0 aliphatic rings. The number of methoxy groups -OCH3 is 1. The minimum Gasteiger partial charge on any atom is -0.469 e. The predicted octanol–water partition coefficient (Wildman–Crippen LogP) is 4.88. The lowest BCUT2D eigenvalue weighted by Gasteiger charge is -2.23. The van der Waals surface area contributed by atoms with Crippen molar-refractivity contribution in [1.29, 1.82) is 0 Å². The standard InChI is InChI=1S/C24H34Br2N2O5/c1-15(2)23(28-21(30)7-5-6-8-22(31)33-4)20(29)9-16(3)24(32)27-19-11-17(13-25)10-18(12-19)14-26/h10-12,15-16,23H,5-9,13-14H2,1-4H3,(H,27,32)(H,28,30)/t16-,23+/m1/s1. The van der Waals surface area contributed by atoms with Crippen LogP contribution < -0.4 is 10.6 Å². The zero-order valence-corrected chi connectivity index (χ0v) is 22.9. The van der Waals surface area contributed by atoms with Crippen LogP contribution >= 0.6 is 31.9 Å². The smallest absolute Gasteiger partial charge is 0.305 e. The van der Waals surface area contributed by atoms with Crippen LogP contribution in [0, 0.1) is 11.8 Å². The third-order valence-corrected chi connectivity index (χ3v) is 6.47. The van der Waals surface area contributed by atoms with Gasteiger partial charge in [-0.1, -0.05) is 58.7 Å². The van der Waals surface area contributed by atoms with Gasteiger partial charge in [-0.2, -0.15) is 0 Å². The topological polar surface area (TPSA) is 102 Å². The maximum atomic E-state index is 12.9. The molecule has 7 nitrogen and oxygen atoms in total. The molecule has 0 saturated heterocycles. The summed E-state index contributed by atoms with van der Waals surface area (Å²) in [6, 6.07) is 5.16. The number of carbonyl (C=O) groups excluding carboxylic acids is 4. The molecule has 2 atom stereocenters. The number of benzene rings is 1. The fraction of sp³-hybridized carbons (Fsp3) is 0.583. The van der Waals surface area contributed by atoms with Crippen LogP contribution in [0.1, 0.15) is 64.0 Å². The van der Waals surface area contributed by atoms with E-state index < -0.39 is 12.0 Å². The van der Waals surface area contributed by atoms with Gasteiger partial charge in [-0.05, 0) is 42.0 Å². The van der Waals surface area contributed by atoms with Crippen molar-refractivity contribution in [1.82, 2.24) is 5.32 Å². The zero-order chi connectivity index (χ0) is 25.0. The quantitative estimate of drug-likeness (QED) is 0.183. The highest BCUT2D eigenvalue weighted by Gasteiger charge is 2.27. The molecule has 0 heterocycles. The van der Waals surface area contributed by atoms with E-state index in [2.05, 4.69) is 47.2 Å². The van der Waals surface area contributed by atoms with Gasteiger partial charge in [-0.25, -0.2) is 0 Å². The molecule has 0 fully saturated rings. The SMILES string of the molecule is COC(=O)CCCCC(=O)N[C@H](C(=O)C[C@@H](C)C(=O)Nc1cc(CBr)cc(CBr)c1)C(C)C. The third kappa shape index (κ3) is 10.8. The average molecular weight is 590 g/mol. The largest absolute Gasteiger partial charge is 0.469 e. The number of alkyl halides is 2. The molecule has 0 radical (unpaired) electrons. The Hall–Kier alpha value is -1.74. The van der Waals surface area contributed by atoms with Gasteiger partial charge in [0.05, 0.1) is 13.2 Å². The van der Waals surface area contributed by atoms with E-state index in [1.165, 1.54) is 7.11 Å². The number of anilines is 1. The number of unbranched alkanes of at least 4 members (excludes halogenated alkanes) is 1. The second-order valence-corrected chi connectivity index (χ2v) is 9.56. The summed E-state index contributed by atoms with van der Waals surface area (Å²) in [7, 11) is 1.33. The summed E-state index contributed by atoms with van der Waals surface area (Å²) in [6.45, 7) is 5.43. The summed E-state index contributed by atoms with van der Waals surface area (Å²) in [6.07, 6.45) is 1.59. The Morgan fingerprint density at radius 1 is 0.939 bits per heavy atom. The number of amides is 2. The van der Waals surface area contributed by atoms with Crippen LogP contribution in [0.5, 0.6) is 0 Å². The molecule has 1 rings (SSSR count). The lowest BCUT2D eigenvalue weighted by molar-refractivity contribution is -0.140. The number of Topliss-reactive ketones (excluding diaryl/α,β-unsaturated/α-hetero) is 1. The van der Waals surface area contributed by atoms with Crippen molar-refractivity contribution in [2.24, 2.45) is 11.8 Å². The number of carbonyl (C=O) groups is 4. The Morgan fingerprint density at radius 3 is 2.03 bits per heavy atom. The third-order valence-electron chi connectivity index (χ3n) is 5.18. The molecular weight excluding hydrogens is 556 g/mol. The molecular formula is C24H34Br2N2O5. The molecule has 0 bridgehead atoms. The number of ketones is 1. The second kappa shape index (κ2) is 15.2. The molecule has 1 aromatic rings. The fourth-order valence-corrected chi connectivity index (χ4v) is 3.94. The molecule has 9 heteroatoms. The monoisotopic (exact) mass is 588 g/mol. The highest BCUT2D eigenvalue weighted by molar-refractivity contribution is 9.08. The minimum absolute atomic E-state index is 0.0285. The van der Waals surface area contributed by atoms with Gasteiger partial charge in [0, 0.05) is 41.5 Å². The number of esters is 1. The molecule has 0 aliphatic carbocycles. The Morgan fingerprint density at radius 2 is 1.52 bits per heavy atom. The Bertz CT molecular complexity index is 807. The van der Waals surface area contributed by atoms with Gasteiger partial charge in [-0.3, -0.25) is 19.2 Å². The van der Waals surface area contributed by atoms with Crippen molar-refractivity contribution in [3.63, 3.8) is 0 Å². The summed E-state index contributed by atoms with van der Waals surface area (Å²) < 4.78 is 4.58. The van der Waals surface area contributed by atoms with Crippen LogP contribution in [0.25, 0.3) is 0 Å². The molecule has 0 saturated carbocycles. The number of hydrogen-bond donors (Lipinski definition) is 2. The number of rotatable bonds is 14. The number of halogens is 2. The summed E-state index contributed by atoms with van der Waals surface area (Å²) in [5.74, 6) is -1.61. The van der Waals surface area contributed by atoms with Gasteiger partial charge in [0.15, 0.2) is 5.78 Å². The number of hydrogen-bond acceptors (Lipinski definition) is 5. The molecule has 0 unspecified atom stereocenters. The van der Waals surface area contributed by atoms with E-state index in [-0.39, 0.29) is 48.7 Å². The summed E-state index contributed by atoms with van der Waals surface area (Å²) in [5, 5.41) is 7.03. The number of nitrogens with one attached hydrogen (secondary N) is 2. The first-order chi connectivity index (χ1) is 15.6. The zero-order valence-electron chi connectivity index (χ0n) is 19.7. The average Bonchev–Trinajstić information content (AvgIpc) is 2.79. The first-order valence-electron chi connectivity index (χ1n) is 11.1. The number of ether oxygens (including phenoxy) is 1. The normalized spacial score (nSPS) is 12.7. The van der Waals surface area contributed by atoms with Gasteiger partial charge in [0.25, 0.3) is 0 Å². The second-order valence-electron chi connectivity index (χ2n) is 8.44.